The Morgan fingerprint density at radius 2 is 1.90 bits per heavy atom. The fraction of sp³-hybridized carbons (Fsp3) is 0.450. The van der Waals surface area contributed by atoms with Crippen LogP contribution in [0.25, 0.3) is 11.2 Å². The number of aromatic nitrogens is 4. The first-order valence-electron chi connectivity index (χ1n) is 9.79. The van der Waals surface area contributed by atoms with E-state index < -0.39 is 17.4 Å². The number of benzene rings is 1. The largest absolute Gasteiger partial charge is 0.491 e. The van der Waals surface area contributed by atoms with E-state index in [1.165, 1.54) is 11.6 Å². The van der Waals surface area contributed by atoms with Gasteiger partial charge in [0.15, 0.2) is 11.2 Å². The third-order valence-corrected chi connectivity index (χ3v) is 5.06. The summed E-state index contributed by atoms with van der Waals surface area (Å²) < 4.78 is 14.6. The molecule has 0 saturated heterocycles. The molecule has 0 aliphatic carbocycles. The summed E-state index contributed by atoms with van der Waals surface area (Å²) in [5.74, 6) is 0.949. The van der Waals surface area contributed by atoms with Crippen LogP contribution < -0.4 is 21.3 Å². The zero-order valence-electron chi connectivity index (χ0n) is 17.7. The number of aliphatic hydroxyl groups is 1. The van der Waals surface area contributed by atoms with Gasteiger partial charge in [-0.25, -0.2) is 4.79 Å². The Hall–Kier alpha value is -2.82. The number of rotatable bonds is 10. The summed E-state index contributed by atoms with van der Waals surface area (Å²) in [6.07, 6.45) is -0.214. The topological polar surface area (TPSA) is 113 Å². The summed E-state index contributed by atoms with van der Waals surface area (Å²) in [4.78, 5) is 29.6. The van der Waals surface area contributed by atoms with E-state index in [9.17, 15) is 14.7 Å². The lowest BCUT2D eigenvalue weighted by molar-refractivity contribution is 0.0938. The van der Waals surface area contributed by atoms with E-state index >= 15 is 0 Å². The van der Waals surface area contributed by atoms with Gasteiger partial charge in [0.2, 0.25) is 5.95 Å². The Kier molecular flexibility index (Phi) is 7.37. The predicted molar refractivity (Wildman–Crippen MR) is 118 cm³/mol. The number of aryl methyl sites for hydroxylation is 1. The number of fused-ring (bicyclic) bond motifs is 1. The van der Waals surface area contributed by atoms with Gasteiger partial charge in [0, 0.05) is 39.4 Å². The minimum Gasteiger partial charge on any atom is -0.491 e. The van der Waals surface area contributed by atoms with E-state index in [-0.39, 0.29) is 24.3 Å². The highest BCUT2D eigenvalue weighted by Gasteiger charge is 2.21. The molecule has 1 unspecified atom stereocenters. The van der Waals surface area contributed by atoms with Gasteiger partial charge in [-0.1, -0.05) is 11.6 Å². The van der Waals surface area contributed by atoms with Crippen molar-refractivity contribution < 1.29 is 14.6 Å². The van der Waals surface area contributed by atoms with E-state index in [2.05, 4.69) is 10.3 Å². The number of aliphatic hydroxyl groups excluding tert-OH is 1. The van der Waals surface area contributed by atoms with E-state index in [1.807, 2.05) is 0 Å². The molecule has 2 heterocycles. The van der Waals surface area contributed by atoms with Crippen LogP contribution in [-0.2, 0) is 25.4 Å². The second-order valence-corrected chi connectivity index (χ2v) is 7.55. The zero-order chi connectivity index (χ0) is 22.5. The van der Waals surface area contributed by atoms with Crippen LogP contribution >= 0.6 is 11.6 Å². The number of nitrogens with zero attached hydrogens (tertiary/aromatic N) is 4. The molecule has 31 heavy (non-hydrogen) atoms. The SMILES string of the molecule is COCCCNc1nc2c(c(=O)n(C)c(=O)n2C)n1CC(O)COc1ccc(Cl)cc1. The number of imidazole rings is 1. The summed E-state index contributed by atoms with van der Waals surface area (Å²) in [7, 11) is 4.58. The smallest absolute Gasteiger partial charge is 0.332 e. The first-order chi connectivity index (χ1) is 14.8. The van der Waals surface area contributed by atoms with Gasteiger partial charge in [-0.05, 0) is 30.7 Å². The molecule has 0 aliphatic heterocycles. The third-order valence-electron chi connectivity index (χ3n) is 4.81. The number of hydrogen-bond acceptors (Lipinski definition) is 7. The molecular weight excluding hydrogens is 426 g/mol. The van der Waals surface area contributed by atoms with Gasteiger partial charge in [0.05, 0.1) is 6.54 Å². The standard InChI is InChI=1S/C20H26ClN5O5/c1-24-17-16(18(28)25(2)20(24)29)26(19(23-17)22-9-4-10-30-3)11-14(27)12-31-15-7-5-13(21)6-8-15/h5-8,14,27H,4,9-12H2,1-3H3,(H,22,23). The lowest BCUT2D eigenvalue weighted by Crippen LogP contribution is -2.38. The molecule has 11 heteroatoms. The Morgan fingerprint density at radius 1 is 1.19 bits per heavy atom. The van der Waals surface area contributed by atoms with Crippen molar-refractivity contribution in [1.82, 2.24) is 18.7 Å². The molecule has 0 spiro atoms. The Labute approximate surface area is 183 Å². The van der Waals surface area contributed by atoms with Crippen molar-refractivity contribution in [2.75, 3.05) is 32.2 Å². The molecule has 1 atom stereocenters. The minimum atomic E-state index is -0.936. The van der Waals surface area contributed by atoms with Gasteiger partial charge in [-0.15, -0.1) is 0 Å². The van der Waals surface area contributed by atoms with Crippen LogP contribution in [-0.4, -0.2) is 56.8 Å². The zero-order valence-corrected chi connectivity index (χ0v) is 18.4. The summed E-state index contributed by atoms with van der Waals surface area (Å²) in [6.45, 7) is 1.15. The van der Waals surface area contributed by atoms with Crippen LogP contribution in [0.3, 0.4) is 0 Å². The van der Waals surface area contributed by atoms with Gasteiger partial charge in [-0.2, -0.15) is 4.98 Å². The van der Waals surface area contributed by atoms with Gasteiger partial charge < -0.3 is 24.5 Å². The maximum atomic E-state index is 12.8. The quantitative estimate of drug-likeness (QED) is 0.442. The van der Waals surface area contributed by atoms with E-state index in [0.29, 0.717) is 29.9 Å². The van der Waals surface area contributed by atoms with Crippen molar-refractivity contribution in [3.8, 4) is 5.75 Å². The number of halogens is 1. The molecule has 0 amide bonds. The Morgan fingerprint density at radius 3 is 2.58 bits per heavy atom. The van der Waals surface area contributed by atoms with Crippen molar-refractivity contribution >= 4 is 28.7 Å². The lowest BCUT2D eigenvalue weighted by atomic mass is 10.3. The number of anilines is 1. The molecule has 3 aromatic rings. The summed E-state index contributed by atoms with van der Waals surface area (Å²) >= 11 is 5.87. The lowest BCUT2D eigenvalue weighted by Gasteiger charge is -2.16. The highest BCUT2D eigenvalue weighted by molar-refractivity contribution is 6.30. The van der Waals surface area contributed by atoms with Gasteiger partial charge in [0.1, 0.15) is 18.5 Å². The Bertz CT molecular complexity index is 1150. The molecule has 0 radical (unpaired) electrons. The molecule has 2 aromatic heterocycles. The molecule has 0 fully saturated rings. The van der Waals surface area contributed by atoms with Crippen molar-refractivity contribution in [3.63, 3.8) is 0 Å². The fourth-order valence-electron chi connectivity index (χ4n) is 3.16. The first-order valence-corrected chi connectivity index (χ1v) is 10.2. The van der Waals surface area contributed by atoms with E-state index in [0.717, 1.165) is 11.0 Å². The van der Waals surface area contributed by atoms with Crippen LogP contribution in [0.5, 0.6) is 5.75 Å². The molecule has 2 N–H and O–H groups in total. The molecule has 10 nitrogen and oxygen atoms in total. The van der Waals surface area contributed by atoms with Crippen molar-refractivity contribution in [2.24, 2.45) is 14.1 Å². The fourth-order valence-corrected chi connectivity index (χ4v) is 3.29. The number of ether oxygens (including phenoxy) is 2. The van der Waals surface area contributed by atoms with Crippen molar-refractivity contribution in [3.05, 3.63) is 50.1 Å². The van der Waals surface area contributed by atoms with Crippen molar-refractivity contribution in [1.29, 1.82) is 0 Å². The number of nitrogens with one attached hydrogen (secondary N) is 1. The monoisotopic (exact) mass is 451 g/mol. The second kappa shape index (κ2) is 9.99. The number of methoxy groups -OCH3 is 1. The molecule has 1 aromatic carbocycles. The molecule has 0 saturated carbocycles. The predicted octanol–water partition coefficient (Wildman–Crippen LogP) is 0.975. The average Bonchev–Trinajstić information content (AvgIpc) is 3.11. The molecule has 3 rings (SSSR count). The summed E-state index contributed by atoms with van der Waals surface area (Å²) in [5, 5.41) is 14.3. The summed E-state index contributed by atoms with van der Waals surface area (Å²) in [5.41, 5.74) is -0.487. The van der Waals surface area contributed by atoms with E-state index in [1.54, 1.807) is 43.0 Å². The first kappa shape index (κ1) is 22.9. The van der Waals surface area contributed by atoms with Crippen LogP contribution in [0, 0.1) is 0 Å². The van der Waals surface area contributed by atoms with Gasteiger partial charge in [-0.3, -0.25) is 13.9 Å². The van der Waals surface area contributed by atoms with Gasteiger partial charge in [0.25, 0.3) is 5.56 Å². The van der Waals surface area contributed by atoms with Crippen LogP contribution in [0.4, 0.5) is 5.95 Å². The molecular formula is C20H26ClN5O5. The number of hydrogen-bond donors (Lipinski definition) is 2. The molecule has 0 aliphatic rings. The molecule has 168 valence electrons. The highest BCUT2D eigenvalue weighted by Crippen LogP contribution is 2.18. The maximum Gasteiger partial charge on any atom is 0.332 e. The van der Waals surface area contributed by atoms with Crippen LogP contribution in [0.15, 0.2) is 33.9 Å². The van der Waals surface area contributed by atoms with Crippen LogP contribution in [0.1, 0.15) is 6.42 Å². The van der Waals surface area contributed by atoms with E-state index in [4.69, 9.17) is 21.1 Å². The molecule has 0 bridgehead atoms. The van der Waals surface area contributed by atoms with Crippen molar-refractivity contribution in [2.45, 2.75) is 19.1 Å². The average molecular weight is 452 g/mol. The Balaban J connectivity index is 1.89. The highest BCUT2D eigenvalue weighted by atomic mass is 35.5. The second-order valence-electron chi connectivity index (χ2n) is 7.12. The van der Waals surface area contributed by atoms with Crippen LogP contribution in [0.2, 0.25) is 5.02 Å². The van der Waals surface area contributed by atoms with Gasteiger partial charge >= 0.3 is 5.69 Å². The minimum absolute atomic E-state index is 0.00347. The normalized spacial score (nSPS) is 12.3. The summed E-state index contributed by atoms with van der Waals surface area (Å²) in [6, 6.07) is 6.80. The maximum absolute atomic E-state index is 12.8. The third kappa shape index (κ3) is 5.09.